The lowest BCUT2D eigenvalue weighted by molar-refractivity contribution is 0.101. The lowest BCUT2D eigenvalue weighted by atomic mass is 9.70. The molecule has 1 aromatic carbocycles. The molecule has 1 aliphatic carbocycles. The van der Waals surface area contributed by atoms with Gasteiger partial charge in [0.15, 0.2) is 5.82 Å². The highest BCUT2D eigenvalue weighted by Crippen LogP contribution is 2.45. The number of amides is 1. The van der Waals surface area contributed by atoms with Crippen molar-refractivity contribution in [1.29, 1.82) is 5.26 Å². The summed E-state index contributed by atoms with van der Waals surface area (Å²) in [6.07, 6.45) is 8.59. The monoisotopic (exact) mass is 476 g/mol. The van der Waals surface area contributed by atoms with E-state index in [1.54, 1.807) is 0 Å². The predicted octanol–water partition coefficient (Wildman–Crippen LogP) is 5.14. The van der Waals surface area contributed by atoms with Crippen LogP contribution in [0.15, 0.2) is 24.4 Å². The van der Waals surface area contributed by atoms with Crippen LogP contribution in [0.3, 0.4) is 0 Å². The fourth-order valence-corrected chi connectivity index (χ4v) is 5.42. The average Bonchev–Trinajstić information content (AvgIpc) is 3.51. The SMILES string of the molecule is CC1(C)CCC(c2cc(C(C)(C)NCCN3CCCC3)ccc2NC(=O)c2ncc(C#N)[nH]2)CC1. The Labute approximate surface area is 209 Å². The van der Waals surface area contributed by atoms with E-state index in [4.69, 9.17) is 5.26 Å². The first-order valence-electron chi connectivity index (χ1n) is 13.1. The number of anilines is 1. The van der Waals surface area contributed by atoms with Crippen LogP contribution in [0.5, 0.6) is 0 Å². The van der Waals surface area contributed by atoms with E-state index in [9.17, 15) is 4.79 Å². The Morgan fingerprint density at radius 3 is 2.63 bits per heavy atom. The fourth-order valence-electron chi connectivity index (χ4n) is 5.42. The number of nitrogens with one attached hydrogen (secondary N) is 3. The zero-order valence-electron chi connectivity index (χ0n) is 21.7. The summed E-state index contributed by atoms with van der Waals surface area (Å²) in [5.74, 6) is 0.245. The van der Waals surface area contributed by atoms with Gasteiger partial charge >= 0.3 is 0 Å². The maximum Gasteiger partial charge on any atom is 0.291 e. The number of imidazole rings is 1. The Balaban J connectivity index is 1.54. The lowest BCUT2D eigenvalue weighted by Crippen LogP contribution is -2.41. The molecule has 1 saturated carbocycles. The Morgan fingerprint density at radius 1 is 1.26 bits per heavy atom. The summed E-state index contributed by atoms with van der Waals surface area (Å²) in [5, 5.41) is 15.9. The van der Waals surface area contributed by atoms with Crippen LogP contribution < -0.4 is 10.6 Å². The highest BCUT2D eigenvalue weighted by molar-refractivity contribution is 6.02. The molecule has 7 heteroatoms. The van der Waals surface area contributed by atoms with Crippen molar-refractivity contribution in [3.8, 4) is 6.07 Å². The maximum absolute atomic E-state index is 12.9. The third-order valence-corrected chi connectivity index (χ3v) is 7.91. The molecule has 0 spiro atoms. The smallest absolute Gasteiger partial charge is 0.291 e. The van der Waals surface area contributed by atoms with Crippen molar-refractivity contribution in [3.63, 3.8) is 0 Å². The van der Waals surface area contributed by atoms with Gasteiger partial charge in [-0.05, 0) is 94.0 Å². The molecule has 188 valence electrons. The fraction of sp³-hybridized carbons (Fsp3) is 0.607. The number of aromatic nitrogens is 2. The first-order chi connectivity index (χ1) is 16.7. The zero-order chi connectivity index (χ0) is 25.1. The van der Waals surface area contributed by atoms with E-state index in [2.05, 4.69) is 65.3 Å². The number of rotatable bonds is 8. The van der Waals surface area contributed by atoms with Gasteiger partial charge in [0.2, 0.25) is 0 Å². The standard InChI is InChI=1S/C28H40N6O/c1-27(2)11-9-20(10-12-27)23-17-21(28(3,4)31-13-16-34-14-5-6-15-34)7-8-24(23)33-26(35)25-30-19-22(18-29)32-25/h7-8,17,19-20,31H,5-6,9-16H2,1-4H3,(H,30,32)(H,33,35). The molecule has 1 amide bonds. The molecule has 0 bridgehead atoms. The minimum atomic E-state index is -0.320. The van der Waals surface area contributed by atoms with Gasteiger partial charge in [-0.25, -0.2) is 4.98 Å². The zero-order valence-corrected chi connectivity index (χ0v) is 21.7. The molecule has 7 nitrogen and oxygen atoms in total. The summed E-state index contributed by atoms with van der Waals surface area (Å²) in [7, 11) is 0. The van der Waals surface area contributed by atoms with Crippen LogP contribution >= 0.6 is 0 Å². The molecule has 3 N–H and O–H groups in total. The highest BCUT2D eigenvalue weighted by Gasteiger charge is 2.30. The van der Waals surface area contributed by atoms with Gasteiger partial charge in [-0.3, -0.25) is 4.79 Å². The van der Waals surface area contributed by atoms with E-state index in [1.165, 1.54) is 56.1 Å². The second kappa shape index (κ2) is 10.5. The Bertz CT molecular complexity index is 1060. The van der Waals surface area contributed by atoms with E-state index in [0.29, 0.717) is 11.3 Å². The quantitative estimate of drug-likeness (QED) is 0.490. The van der Waals surface area contributed by atoms with Crippen LogP contribution in [-0.4, -0.2) is 47.0 Å². The van der Waals surface area contributed by atoms with Crippen molar-refractivity contribution < 1.29 is 4.79 Å². The molecular formula is C28H40N6O. The summed E-state index contributed by atoms with van der Waals surface area (Å²) in [5.41, 5.74) is 3.76. The number of nitriles is 1. The Kier molecular flexibility index (Phi) is 7.63. The second-order valence-electron chi connectivity index (χ2n) is 11.6. The van der Waals surface area contributed by atoms with Gasteiger partial charge in [-0.15, -0.1) is 0 Å². The van der Waals surface area contributed by atoms with Gasteiger partial charge < -0.3 is 20.5 Å². The van der Waals surface area contributed by atoms with Crippen LogP contribution in [0.4, 0.5) is 5.69 Å². The molecular weight excluding hydrogens is 436 g/mol. The van der Waals surface area contributed by atoms with Gasteiger partial charge in [0.05, 0.1) is 6.20 Å². The van der Waals surface area contributed by atoms with Crippen LogP contribution in [-0.2, 0) is 5.54 Å². The topological polar surface area (TPSA) is 96.8 Å². The minimum absolute atomic E-state index is 0.158. The maximum atomic E-state index is 12.9. The number of benzene rings is 1. The Morgan fingerprint density at radius 2 is 1.97 bits per heavy atom. The number of H-pyrrole nitrogens is 1. The van der Waals surface area contributed by atoms with Gasteiger partial charge in [0.25, 0.3) is 5.91 Å². The largest absolute Gasteiger partial charge is 0.326 e. The van der Waals surface area contributed by atoms with Crippen LogP contribution in [0.25, 0.3) is 0 Å². The average molecular weight is 477 g/mol. The molecule has 2 aromatic rings. The number of hydrogen-bond acceptors (Lipinski definition) is 5. The van der Waals surface area contributed by atoms with Crippen molar-refractivity contribution in [1.82, 2.24) is 20.2 Å². The van der Waals surface area contributed by atoms with Crippen molar-refractivity contribution in [3.05, 3.63) is 47.0 Å². The van der Waals surface area contributed by atoms with E-state index in [1.807, 2.05) is 12.1 Å². The number of nitrogens with zero attached hydrogens (tertiary/aromatic N) is 3. The van der Waals surface area contributed by atoms with Crippen LogP contribution in [0.1, 0.15) is 99.6 Å². The number of aromatic amines is 1. The molecule has 2 fully saturated rings. The summed E-state index contributed by atoms with van der Waals surface area (Å²) in [4.78, 5) is 22.3. The number of likely N-dealkylation sites (tertiary alicyclic amines) is 1. The first kappa shape index (κ1) is 25.4. The van der Waals surface area contributed by atoms with E-state index >= 15 is 0 Å². The van der Waals surface area contributed by atoms with E-state index < -0.39 is 0 Å². The third-order valence-electron chi connectivity index (χ3n) is 7.91. The molecule has 1 saturated heterocycles. The normalized spacial score (nSPS) is 18.9. The highest BCUT2D eigenvalue weighted by atomic mass is 16.2. The number of carbonyl (C=O) groups excluding carboxylic acids is 1. The molecule has 1 aromatic heterocycles. The van der Waals surface area contributed by atoms with Gasteiger partial charge in [-0.2, -0.15) is 5.26 Å². The van der Waals surface area contributed by atoms with Crippen molar-refractivity contribution in [2.24, 2.45) is 5.41 Å². The van der Waals surface area contributed by atoms with Crippen molar-refractivity contribution in [2.45, 2.75) is 77.7 Å². The minimum Gasteiger partial charge on any atom is -0.326 e. The summed E-state index contributed by atoms with van der Waals surface area (Å²) >= 11 is 0. The molecule has 2 heterocycles. The van der Waals surface area contributed by atoms with Crippen LogP contribution in [0, 0.1) is 16.7 Å². The molecule has 35 heavy (non-hydrogen) atoms. The molecule has 0 unspecified atom stereocenters. The molecule has 2 aliphatic rings. The molecule has 0 radical (unpaired) electrons. The summed E-state index contributed by atoms with van der Waals surface area (Å²) in [6, 6.07) is 8.45. The van der Waals surface area contributed by atoms with Crippen LogP contribution in [0.2, 0.25) is 0 Å². The first-order valence-corrected chi connectivity index (χ1v) is 13.1. The molecule has 1 aliphatic heterocycles. The van der Waals surface area contributed by atoms with Crippen molar-refractivity contribution >= 4 is 11.6 Å². The van der Waals surface area contributed by atoms with Gasteiger partial charge in [0, 0.05) is 24.3 Å². The van der Waals surface area contributed by atoms with E-state index in [-0.39, 0.29) is 23.0 Å². The lowest BCUT2D eigenvalue weighted by Gasteiger charge is -2.36. The molecule has 4 rings (SSSR count). The summed E-state index contributed by atoms with van der Waals surface area (Å²) < 4.78 is 0. The summed E-state index contributed by atoms with van der Waals surface area (Å²) in [6.45, 7) is 13.6. The number of carbonyl (C=O) groups is 1. The third kappa shape index (κ3) is 6.31. The predicted molar refractivity (Wildman–Crippen MR) is 139 cm³/mol. The second-order valence-corrected chi connectivity index (χ2v) is 11.6. The number of hydrogen-bond donors (Lipinski definition) is 3. The van der Waals surface area contributed by atoms with E-state index in [0.717, 1.165) is 31.6 Å². The van der Waals surface area contributed by atoms with Gasteiger partial charge in [-0.1, -0.05) is 26.0 Å². The van der Waals surface area contributed by atoms with Gasteiger partial charge in [0.1, 0.15) is 11.8 Å². The Hall–Kier alpha value is -2.69. The molecule has 0 atom stereocenters. The van der Waals surface area contributed by atoms with Crippen molar-refractivity contribution in [2.75, 3.05) is 31.5 Å².